The fourth-order valence-corrected chi connectivity index (χ4v) is 7.64. The quantitative estimate of drug-likeness (QED) is 0.555. The van der Waals surface area contributed by atoms with E-state index in [-0.39, 0.29) is 34.8 Å². The Morgan fingerprint density at radius 2 is 1.86 bits per heavy atom. The van der Waals surface area contributed by atoms with Crippen LogP contribution in [0.5, 0.6) is 0 Å². The van der Waals surface area contributed by atoms with Crippen molar-refractivity contribution in [1.29, 1.82) is 0 Å². The number of carbonyl (C=O) groups excluding carboxylic acids is 3. The lowest BCUT2D eigenvalue weighted by Gasteiger charge is -2.51. The maximum absolute atomic E-state index is 14.0. The molecular formula is C23H28O5. The molecule has 5 rings (SSSR count). The highest BCUT2D eigenvalue weighted by Crippen LogP contribution is 2.71. The highest BCUT2D eigenvalue weighted by Gasteiger charge is 2.77. The van der Waals surface area contributed by atoms with Crippen LogP contribution in [0.3, 0.4) is 0 Å². The van der Waals surface area contributed by atoms with E-state index in [2.05, 4.69) is 13.8 Å². The van der Waals surface area contributed by atoms with Crippen LogP contribution in [-0.2, 0) is 19.1 Å². The molecule has 0 spiro atoms. The summed E-state index contributed by atoms with van der Waals surface area (Å²) >= 11 is 0. The van der Waals surface area contributed by atoms with Crippen LogP contribution in [0.1, 0.15) is 53.9 Å². The molecule has 0 aromatic carbocycles. The van der Waals surface area contributed by atoms with Gasteiger partial charge in [-0.15, -0.1) is 0 Å². The molecular weight excluding hydrogens is 356 g/mol. The van der Waals surface area contributed by atoms with Crippen LogP contribution in [0.15, 0.2) is 22.8 Å². The number of hydrogen-bond acceptors (Lipinski definition) is 5. The van der Waals surface area contributed by atoms with Gasteiger partial charge in [-0.1, -0.05) is 39.7 Å². The van der Waals surface area contributed by atoms with E-state index < -0.39 is 29.0 Å². The van der Waals surface area contributed by atoms with E-state index in [1.807, 2.05) is 20.8 Å². The predicted molar refractivity (Wildman–Crippen MR) is 101 cm³/mol. The monoisotopic (exact) mass is 384 g/mol. The van der Waals surface area contributed by atoms with Crippen LogP contribution in [0.4, 0.5) is 0 Å². The number of esters is 1. The molecule has 6 atom stereocenters. The number of ether oxygens (including phenoxy) is 1. The third-order valence-corrected chi connectivity index (χ3v) is 8.57. The van der Waals surface area contributed by atoms with Crippen LogP contribution in [0.2, 0.25) is 0 Å². The van der Waals surface area contributed by atoms with Gasteiger partial charge >= 0.3 is 5.97 Å². The van der Waals surface area contributed by atoms with Gasteiger partial charge in [0.25, 0.3) is 0 Å². The zero-order chi connectivity index (χ0) is 20.4. The van der Waals surface area contributed by atoms with Crippen molar-refractivity contribution in [3.05, 3.63) is 22.8 Å². The lowest BCUT2D eigenvalue weighted by molar-refractivity contribution is -0.151. The molecule has 2 fully saturated rings. The zero-order valence-electron chi connectivity index (χ0n) is 17.2. The largest absolute Gasteiger partial charge is 0.458 e. The molecule has 0 radical (unpaired) electrons. The topological polar surface area (TPSA) is 80.7 Å². The van der Waals surface area contributed by atoms with E-state index in [0.717, 1.165) is 18.4 Å². The fourth-order valence-electron chi connectivity index (χ4n) is 7.64. The number of hydrogen-bond donors (Lipinski definition) is 1. The average molecular weight is 384 g/mol. The van der Waals surface area contributed by atoms with Gasteiger partial charge in [0.1, 0.15) is 23.0 Å². The zero-order valence-corrected chi connectivity index (χ0v) is 17.2. The van der Waals surface area contributed by atoms with Crippen LogP contribution in [-0.4, -0.2) is 34.9 Å². The molecule has 1 aliphatic heterocycles. The van der Waals surface area contributed by atoms with Gasteiger partial charge in [-0.25, -0.2) is 0 Å². The van der Waals surface area contributed by atoms with Gasteiger partial charge in [-0.2, -0.15) is 0 Å². The molecule has 1 saturated heterocycles. The molecule has 0 amide bonds. The van der Waals surface area contributed by atoms with Crippen molar-refractivity contribution in [2.24, 2.45) is 34.0 Å². The Kier molecular flexibility index (Phi) is 3.30. The normalized spacial score (nSPS) is 45.8. The number of carbonyl (C=O) groups is 3. The first kappa shape index (κ1) is 18.3. The number of aliphatic hydroxyl groups is 1. The minimum absolute atomic E-state index is 0.177. The molecule has 150 valence electrons. The van der Waals surface area contributed by atoms with Gasteiger partial charge in [0.05, 0.1) is 0 Å². The Bertz CT molecular complexity index is 906. The van der Waals surface area contributed by atoms with Crippen molar-refractivity contribution in [2.75, 3.05) is 0 Å². The van der Waals surface area contributed by atoms with Crippen LogP contribution in [0.25, 0.3) is 0 Å². The van der Waals surface area contributed by atoms with E-state index in [4.69, 9.17) is 4.74 Å². The third kappa shape index (κ3) is 1.61. The minimum atomic E-state index is -1.21. The molecule has 28 heavy (non-hydrogen) atoms. The van der Waals surface area contributed by atoms with Crippen molar-refractivity contribution in [3.63, 3.8) is 0 Å². The van der Waals surface area contributed by atoms with E-state index in [1.54, 1.807) is 6.08 Å². The van der Waals surface area contributed by atoms with Crippen molar-refractivity contribution < 1.29 is 24.2 Å². The molecule has 4 aliphatic carbocycles. The molecule has 0 aromatic heterocycles. The van der Waals surface area contributed by atoms with Gasteiger partial charge < -0.3 is 9.84 Å². The molecule has 5 aliphatic rings. The number of ketones is 2. The number of rotatable bonds is 1. The van der Waals surface area contributed by atoms with Crippen LogP contribution < -0.4 is 0 Å². The Balaban J connectivity index is 1.83. The molecule has 0 unspecified atom stereocenters. The number of Topliss-reactive ketones (excluding diaryl/α,β-unsaturated/α-hetero) is 1. The number of allylic oxidation sites excluding steroid dienone is 2. The summed E-state index contributed by atoms with van der Waals surface area (Å²) in [6.45, 7) is 9.87. The van der Waals surface area contributed by atoms with E-state index in [1.165, 1.54) is 0 Å². The van der Waals surface area contributed by atoms with Gasteiger partial charge in [0.2, 0.25) is 0 Å². The molecule has 1 heterocycles. The highest BCUT2D eigenvalue weighted by molar-refractivity contribution is 6.25. The summed E-state index contributed by atoms with van der Waals surface area (Å²) in [5.74, 6) is -1.69. The SMILES string of the molecule is CC1=CC(=O)[C@]2(C(C)C)C(=O)C3=C([C@H]12)[C@H](O)[C@H]1OC(=O)[C@@]32CCCC(C)(C)[C@H]12. The number of fused-ring (bicyclic) bond motifs is 2. The summed E-state index contributed by atoms with van der Waals surface area (Å²) < 4.78 is 5.77. The molecule has 0 aromatic rings. The lowest BCUT2D eigenvalue weighted by atomic mass is 9.49. The third-order valence-electron chi connectivity index (χ3n) is 8.57. The van der Waals surface area contributed by atoms with Crippen molar-refractivity contribution in [1.82, 2.24) is 0 Å². The smallest absolute Gasteiger partial charge is 0.317 e. The van der Waals surface area contributed by atoms with Gasteiger partial charge in [0.15, 0.2) is 11.6 Å². The second-order valence-corrected chi connectivity index (χ2v) is 10.5. The second-order valence-electron chi connectivity index (χ2n) is 10.5. The molecule has 1 N–H and O–H groups in total. The first-order valence-corrected chi connectivity index (χ1v) is 10.4. The van der Waals surface area contributed by atoms with Crippen LogP contribution >= 0.6 is 0 Å². The molecule has 5 heteroatoms. The maximum atomic E-state index is 14.0. The summed E-state index contributed by atoms with van der Waals surface area (Å²) in [4.78, 5) is 40.5. The van der Waals surface area contributed by atoms with Crippen molar-refractivity contribution in [3.8, 4) is 0 Å². The predicted octanol–water partition coefficient (Wildman–Crippen LogP) is 2.77. The van der Waals surface area contributed by atoms with Gasteiger partial charge in [0, 0.05) is 17.4 Å². The summed E-state index contributed by atoms with van der Waals surface area (Å²) in [7, 11) is 0. The van der Waals surface area contributed by atoms with E-state index >= 15 is 0 Å². The fraction of sp³-hybridized carbons (Fsp3) is 0.696. The molecule has 5 nitrogen and oxygen atoms in total. The Morgan fingerprint density at radius 3 is 2.50 bits per heavy atom. The van der Waals surface area contributed by atoms with Gasteiger partial charge in [-0.05, 0) is 42.7 Å². The lowest BCUT2D eigenvalue weighted by Crippen LogP contribution is -2.55. The first-order chi connectivity index (χ1) is 13.0. The summed E-state index contributed by atoms with van der Waals surface area (Å²) in [5, 5.41) is 11.4. The van der Waals surface area contributed by atoms with Crippen molar-refractivity contribution >= 4 is 17.5 Å². The number of aliphatic hydroxyl groups excluding tert-OH is 1. The van der Waals surface area contributed by atoms with Crippen molar-refractivity contribution in [2.45, 2.75) is 66.1 Å². The van der Waals surface area contributed by atoms with E-state index in [0.29, 0.717) is 17.6 Å². The standard InChI is InChI=1S/C23H28O5/c1-10(2)23-12(24)9-11(3)14(23)13-15(19(23)26)22-8-6-7-21(4,5)18(22)17(16(13)25)28-20(22)27/h9-10,14,16-18,25H,6-8H2,1-5H3/t14-,16-,17+,18-,22-,23-/m0/s1. The Labute approximate surface area is 165 Å². The summed E-state index contributed by atoms with van der Waals surface area (Å²) in [6.07, 6.45) is 2.21. The minimum Gasteiger partial charge on any atom is -0.458 e. The Morgan fingerprint density at radius 1 is 1.18 bits per heavy atom. The maximum Gasteiger partial charge on any atom is 0.317 e. The van der Waals surface area contributed by atoms with E-state index in [9.17, 15) is 19.5 Å². The molecule has 2 bridgehead atoms. The first-order valence-electron chi connectivity index (χ1n) is 10.4. The summed E-state index contributed by atoms with van der Waals surface area (Å²) in [5.41, 5.74) is -0.606. The second kappa shape index (κ2) is 5.05. The highest BCUT2D eigenvalue weighted by atomic mass is 16.6. The average Bonchev–Trinajstić information content (AvgIpc) is 3.13. The van der Waals surface area contributed by atoms with Gasteiger partial charge in [-0.3, -0.25) is 14.4 Å². The molecule has 1 saturated carbocycles. The summed E-state index contributed by atoms with van der Waals surface area (Å²) in [6, 6.07) is 0. The Hall–Kier alpha value is -1.75. The van der Waals surface area contributed by atoms with Crippen LogP contribution in [0, 0.1) is 34.0 Å².